The van der Waals surface area contributed by atoms with Gasteiger partial charge in [0.1, 0.15) is 0 Å². The van der Waals surface area contributed by atoms with Crippen molar-refractivity contribution in [2.75, 3.05) is 6.16 Å². The molecule has 0 fully saturated rings. The van der Waals surface area contributed by atoms with Gasteiger partial charge in [0.2, 0.25) is 0 Å². The molecule has 0 aromatic heterocycles. The maximum Gasteiger partial charge on any atom is 0.673 e. The molecule has 3 rings (SSSR count). The minimum atomic E-state index is -6.00. The van der Waals surface area contributed by atoms with E-state index in [1.54, 1.807) is 15.9 Å². The van der Waals surface area contributed by atoms with Gasteiger partial charge in [-0.2, -0.15) is 0 Å². The summed E-state index contributed by atoms with van der Waals surface area (Å²) < 4.78 is 156. The average Bonchev–Trinajstić information content (AvgIpc) is 2.98. The Bertz CT molecular complexity index is 1060. The number of unbranched alkanes of at least 4 members (excludes halogenated alkanes) is 9. The van der Waals surface area contributed by atoms with Gasteiger partial charge in [0, 0.05) is 0 Å². The van der Waals surface area contributed by atoms with Crippen LogP contribution in [-0.4, -0.2) is 35.2 Å². The average molecular weight is 780 g/mol. The summed E-state index contributed by atoms with van der Waals surface area (Å²) in [5.41, 5.74) is 0. The Morgan fingerprint density at radius 3 is 0.745 bits per heavy atom. The second-order valence-corrected chi connectivity index (χ2v) is 15.0. The molecule has 0 spiro atoms. The van der Waals surface area contributed by atoms with Gasteiger partial charge in [0.15, 0.2) is 0 Å². The van der Waals surface area contributed by atoms with Gasteiger partial charge < -0.3 is 69.1 Å². The maximum absolute atomic E-state index is 9.75. The van der Waals surface area contributed by atoms with Crippen LogP contribution in [0.4, 0.5) is 69.1 Å². The first-order valence-electron chi connectivity index (χ1n) is 16.0. The van der Waals surface area contributed by atoms with E-state index in [2.05, 4.69) is 97.9 Å². The number of hydrogen-bond donors (Lipinski definition) is 0. The molecule has 21 heteroatoms. The van der Waals surface area contributed by atoms with Crippen LogP contribution < -0.4 is 15.9 Å². The van der Waals surface area contributed by atoms with Crippen molar-refractivity contribution in [1.82, 2.24) is 0 Å². The van der Waals surface area contributed by atoms with Crippen molar-refractivity contribution >= 4 is 52.2 Å². The number of rotatable bonds is 14. The fourth-order valence-corrected chi connectivity index (χ4v) is 9.91. The predicted molar refractivity (Wildman–Crippen MR) is 184 cm³/mol. The van der Waals surface area contributed by atoms with Crippen molar-refractivity contribution in [3.63, 3.8) is 0 Å². The van der Waals surface area contributed by atoms with Crippen LogP contribution in [0.5, 0.6) is 0 Å². The third-order valence-electron chi connectivity index (χ3n) is 6.71. The fourth-order valence-electron chi connectivity index (χ4n) is 4.98. The van der Waals surface area contributed by atoms with Crippen molar-refractivity contribution in [3.8, 4) is 0 Å². The maximum atomic E-state index is 9.75. The van der Waals surface area contributed by atoms with Gasteiger partial charge in [-0.3, -0.25) is 0 Å². The van der Waals surface area contributed by atoms with Gasteiger partial charge in [-0.05, 0) is 0 Å². The zero-order chi connectivity index (χ0) is 39.6. The molecule has 0 nitrogen and oxygen atoms in total. The Labute approximate surface area is 289 Å². The van der Waals surface area contributed by atoms with Crippen LogP contribution in [-0.2, 0) is 0 Å². The van der Waals surface area contributed by atoms with Crippen LogP contribution in [0.3, 0.4) is 0 Å². The summed E-state index contributed by atoms with van der Waals surface area (Å²) >= 11 is 0. The third-order valence-corrected chi connectivity index (χ3v) is 11.8. The molecular formula is C30H41B4F16P-4. The van der Waals surface area contributed by atoms with Crippen LogP contribution in [0.15, 0.2) is 91.0 Å². The molecule has 0 radical (unpaired) electrons. The minimum Gasteiger partial charge on any atom is -0.418 e. The quantitative estimate of drug-likeness (QED) is 0.0662. The molecule has 0 bridgehead atoms. The topological polar surface area (TPSA) is 0 Å². The third kappa shape index (κ3) is 35.4. The molecule has 0 unspecified atom stereocenters. The molecule has 3 aromatic carbocycles. The van der Waals surface area contributed by atoms with E-state index in [9.17, 15) is 69.1 Å². The van der Waals surface area contributed by atoms with Gasteiger partial charge in [-0.15, -0.1) is 0 Å². The summed E-state index contributed by atoms with van der Waals surface area (Å²) in [5, 5.41) is 4.63. The van der Waals surface area contributed by atoms with Crippen molar-refractivity contribution in [3.05, 3.63) is 91.0 Å². The minimum absolute atomic E-state index is 1.29. The van der Waals surface area contributed by atoms with Crippen LogP contribution in [0.25, 0.3) is 0 Å². The van der Waals surface area contributed by atoms with E-state index in [4.69, 9.17) is 0 Å². The SMILES string of the molecule is CCCCCCCCCCCC[PH](c1ccccc1)(c1ccccc1)c1ccccc1.F[B-](F)(F)F.F[B-](F)(F)F.F[B-](F)(F)F.F[B-](F)(F)F. The van der Waals surface area contributed by atoms with Crippen molar-refractivity contribution < 1.29 is 69.1 Å². The van der Waals surface area contributed by atoms with Gasteiger partial charge >= 0.3 is 220 Å². The molecule has 0 aliphatic rings. The van der Waals surface area contributed by atoms with E-state index in [1.165, 1.54) is 70.4 Å². The zero-order valence-electron chi connectivity index (χ0n) is 27.8. The van der Waals surface area contributed by atoms with E-state index in [0.717, 1.165) is 0 Å². The summed E-state index contributed by atoms with van der Waals surface area (Å²) in [6.45, 7) is 2.30. The first-order valence-corrected chi connectivity index (χ1v) is 18.2. The summed E-state index contributed by atoms with van der Waals surface area (Å²) in [4.78, 5) is 0. The number of hydrogen-bond acceptors (Lipinski definition) is 0. The molecule has 294 valence electrons. The first kappa shape index (κ1) is 50.3. The molecule has 0 atom stereocenters. The molecule has 0 saturated carbocycles. The Hall–Kier alpha value is -2.77. The molecule has 0 saturated heterocycles. The Morgan fingerprint density at radius 1 is 0.333 bits per heavy atom. The van der Waals surface area contributed by atoms with Crippen molar-refractivity contribution in [2.24, 2.45) is 0 Å². The number of benzene rings is 3. The summed E-state index contributed by atoms with van der Waals surface area (Å²) in [5.74, 6) is 0. The molecule has 0 heterocycles. The second-order valence-electron chi connectivity index (χ2n) is 10.9. The molecule has 0 N–H and O–H groups in total. The van der Waals surface area contributed by atoms with Crippen molar-refractivity contribution in [1.29, 1.82) is 0 Å². The molecule has 0 aliphatic carbocycles. The Morgan fingerprint density at radius 2 is 0.529 bits per heavy atom. The molecule has 0 amide bonds. The van der Waals surface area contributed by atoms with Gasteiger partial charge in [-0.1, -0.05) is 0 Å². The largest absolute Gasteiger partial charge is 0.673 e. The molecular weight excluding hydrogens is 739 g/mol. The standard InChI is InChI=1S/C30H41P.4BF4/c1-2-3-4-5-6-7-8-9-10-20-27-31(28-21-14-11-15-22-28,29-23-16-12-17-24-29)30-25-18-13-19-26-30;4*2-1(3,4)5/h11-19,21-26,31H,2-10,20,27H2,1H3;;;;/q;4*-1. The summed E-state index contributed by atoms with van der Waals surface area (Å²) in [6.07, 6.45) is 15.2. The van der Waals surface area contributed by atoms with Crippen LogP contribution in [0, 0.1) is 0 Å². The molecule has 51 heavy (non-hydrogen) atoms. The van der Waals surface area contributed by atoms with Crippen LogP contribution in [0.1, 0.15) is 71.1 Å². The first-order chi connectivity index (χ1) is 23.4. The Kier molecular flexibility index (Phi) is 25.7. The van der Waals surface area contributed by atoms with Gasteiger partial charge in [0.25, 0.3) is 0 Å². The monoisotopic (exact) mass is 780 g/mol. The van der Waals surface area contributed by atoms with Gasteiger partial charge in [-0.25, -0.2) is 0 Å². The van der Waals surface area contributed by atoms with E-state index >= 15 is 0 Å². The van der Waals surface area contributed by atoms with E-state index in [0.29, 0.717) is 0 Å². The van der Waals surface area contributed by atoms with E-state index in [-0.39, 0.29) is 0 Å². The summed E-state index contributed by atoms with van der Waals surface area (Å²) in [7, 11) is -26.0. The Balaban J connectivity index is 0. The number of halogens is 16. The summed E-state index contributed by atoms with van der Waals surface area (Å²) in [6, 6.07) is 34.1. The van der Waals surface area contributed by atoms with E-state index < -0.39 is 36.3 Å². The van der Waals surface area contributed by atoms with Crippen LogP contribution in [0.2, 0.25) is 0 Å². The smallest absolute Gasteiger partial charge is 0.418 e. The van der Waals surface area contributed by atoms with Crippen LogP contribution >= 0.6 is 7.26 Å². The fraction of sp³-hybridized carbons (Fsp3) is 0.400. The normalized spacial score (nSPS) is 12.0. The predicted octanol–water partition coefficient (Wildman–Crippen LogP) is 12.8. The molecule has 3 aromatic rings. The zero-order valence-corrected chi connectivity index (χ0v) is 28.8. The van der Waals surface area contributed by atoms with E-state index in [1.807, 2.05) is 0 Å². The molecule has 0 aliphatic heterocycles. The van der Waals surface area contributed by atoms with Crippen molar-refractivity contribution in [2.45, 2.75) is 71.1 Å². The van der Waals surface area contributed by atoms with Gasteiger partial charge in [0.05, 0.1) is 0 Å². The second kappa shape index (κ2) is 26.1.